The molecule has 37 heavy (non-hydrogen) atoms. The van der Waals surface area contributed by atoms with E-state index in [0.29, 0.717) is 13.0 Å². The van der Waals surface area contributed by atoms with E-state index in [1.807, 2.05) is 24.3 Å². The molecule has 0 spiro atoms. The van der Waals surface area contributed by atoms with E-state index in [1.54, 1.807) is 0 Å². The standard InChI is InChI=1S/C21H21NO4.C5H9ClO4S/c23-20(19-11-5-6-12-22(19)21(24)25)26-13-18-16-9-3-1-7-14(16)15-8-2-4-10-17(15)18;6-2-4-11(9,10)3-1-5(7)8/h1-4,7-10,18-19H,5-6,11-13H2,(H,24,25);1-4H2,(H,7,8). The average Bonchev–Trinajstić information content (AvgIpc) is 3.20. The van der Waals surface area contributed by atoms with Gasteiger partial charge in [-0.05, 0) is 41.5 Å². The number of esters is 1. The van der Waals surface area contributed by atoms with Gasteiger partial charge in [0.25, 0.3) is 0 Å². The van der Waals surface area contributed by atoms with Crippen LogP contribution >= 0.6 is 11.6 Å². The summed E-state index contributed by atoms with van der Waals surface area (Å²) in [7, 11) is -3.24. The van der Waals surface area contributed by atoms with E-state index in [4.69, 9.17) is 21.4 Å². The van der Waals surface area contributed by atoms with E-state index in [2.05, 4.69) is 24.3 Å². The maximum atomic E-state index is 12.6. The first-order valence-corrected chi connectivity index (χ1v) is 14.3. The number of carboxylic acids is 1. The van der Waals surface area contributed by atoms with Gasteiger partial charge in [0.2, 0.25) is 0 Å². The molecular formula is C26H30ClNO8S. The van der Waals surface area contributed by atoms with Gasteiger partial charge in [-0.1, -0.05) is 48.5 Å². The van der Waals surface area contributed by atoms with Gasteiger partial charge in [0.15, 0.2) is 9.84 Å². The molecule has 1 saturated heterocycles. The van der Waals surface area contributed by atoms with Crippen LogP contribution in [0.4, 0.5) is 4.79 Å². The fraction of sp³-hybridized carbons (Fsp3) is 0.423. The maximum Gasteiger partial charge on any atom is 0.408 e. The topological polar surface area (TPSA) is 138 Å². The SMILES string of the molecule is O=C(O)CCS(=O)(=O)CCCl.O=C(OCC1c2ccccc2-c2ccccc21)C1CCCCN1C(=O)O. The van der Waals surface area contributed by atoms with Crippen LogP contribution in [0.25, 0.3) is 11.1 Å². The number of hydrogen-bond donors (Lipinski definition) is 2. The Hall–Kier alpha value is -3.11. The third-order valence-corrected chi connectivity index (χ3v) is 8.46. The van der Waals surface area contributed by atoms with Crippen molar-refractivity contribution >= 4 is 39.5 Å². The Morgan fingerprint density at radius 1 is 0.946 bits per heavy atom. The van der Waals surface area contributed by atoms with E-state index in [0.717, 1.165) is 24.0 Å². The van der Waals surface area contributed by atoms with Gasteiger partial charge in [-0.2, -0.15) is 0 Å². The number of fused-ring (bicyclic) bond motifs is 3. The van der Waals surface area contributed by atoms with Crippen molar-refractivity contribution in [3.8, 4) is 11.1 Å². The second-order valence-corrected chi connectivity index (χ2v) is 11.5. The molecule has 0 bridgehead atoms. The summed E-state index contributed by atoms with van der Waals surface area (Å²) in [6.07, 6.45) is 0.767. The van der Waals surface area contributed by atoms with Gasteiger partial charge in [0.05, 0.1) is 17.9 Å². The fourth-order valence-corrected chi connectivity index (χ4v) is 6.20. The minimum Gasteiger partial charge on any atom is -0.481 e. The minimum absolute atomic E-state index is 0.00628. The van der Waals surface area contributed by atoms with Gasteiger partial charge in [0, 0.05) is 18.3 Å². The molecule has 1 aliphatic carbocycles. The molecule has 1 atom stereocenters. The lowest BCUT2D eigenvalue weighted by atomic mass is 9.98. The van der Waals surface area contributed by atoms with Crippen LogP contribution in [0.15, 0.2) is 48.5 Å². The Bertz CT molecular complexity index is 1190. The molecule has 4 rings (SSSR count). The highest BCUT2D eigenvalue weighted by Crippen LogP contribution is 2.44. The minimum atomic E-state index is -3.24. The summed E-state index contributed by atoms with van der Waals surface area (Å²) in [5.74, 6) is -2.01. The molecule has 0 aromatic heterocycles. The zero-order valence-corrected chi connectivity index (χ0v) is 21.8. The second kappa shape index (κ2) is 12.9. The Kier molecular flexibility index (Phi) is 9.93. The molecule has 11 heteroatoms. The molecule has 200 valence electrons. The number of halogens is 1. The van der Waals surface area contributed by atoms with Crippen LogP contribution in [-0.2, 0) is 24.2 Å². The number of carboxylic acid groups (broad SMARTS) is 2. The highest BCUT2D eigenvalue weighted by Gasteiger charge is 2.35. The number of amides is 1. The zero-order chi connectivity index (χ0) is 27.0. The Morgan fingerprint density at radius 3 is 2.08 bits per heavy atom. The Labute approximate surface area is 220 Å². The number of carbonyl (C=O) groups is 3. The van der Waals surface area contributed by atoms with Gasteiger partial charge >= 0.3 is 18.0 Å². The summed E-state index contributed by atoms with van der Waals surface area (Å²) in [5, 5.41) is 17.5. The number of alkyl halides is 1. The summed E-state index contributed by atoms with van der Waals surface area (Å²) in [6.45, 7) is 0.626. The fourth-order valence-electron chi connectivity index (χ4n) is 4.57. The lowest BCUT2D eigenvalue weighted by molar-refractivity contribution is -0.150. The number of rotatable bonds is 8. The van der Waals surface area contributed by atoms with Crippen LogP contribution in [0.1, 0.15) is 42.7 Å². The molecule has 1 aliphatic heterocycles. The van der Waals surface area contributed by atoms with Gasteiger partial charge < -0.3 is 14.9 Å². The molecule has 1 fully saturated rings. The van der Waals surface area contributed by atoms with Crippen molar-refractivity contribution in [2.24, 2.45) is 0 Å². The van der Waals surface area contributed by atoms with Crippen LogP contribution in [0, 0.1) is 0 Å². The normalized spacial score (nSPS) is 16.7. The average molecular weight is 552 g/mol. The van der Waals surface area contributed by atoms with E-state index >= 15 is 0 Å². The largest absolute Gasteiger partial charge is 0.481 e. The number of nitrogens with zero attached hydrogens (tertiary/aromatic N) is 1. The van der Waals surface area contributed by atoms with Crippen LogP contribution in [0.3, 0.4) is 0 Å². The summed E-state index contributed by atoms with van der Waals surface area (Å²) >= 11 is 5.17. The Balaban J connectivity index is 0.000000295. The Morgan fingerprint density at radius 2 is 1.54 bits per heavy atom. The molecule has 1 unspecified atom stereocenters. The summed E-state index contributed by atoms with van der Waals surface area (Å²) < 4.78 is 27.2. The molecule has 1 heterocycles. The van der Waals surface area contributed by atoms with Crippen molar-refractivity contribution in [2.75, 3.05) is 30.5 Å². The number of carbonyl (C=O) groups excluding carboxylic acids is 1. The summed E-state index contributed by atoms with van der Waals surface area (Å²) in [4.78, 5) is 35.1. The first kappa shape index (κ1) is 28.5. The predicted octanol–water partition coefficient (Wildman–Crippen LogP) is 3.99. The van der Waals surface area contributed by atoms with E-state index in [9.17, 15) is 27.9 Å². The van der Waals surface area contributed by atoms with Crippen molar-refractivity contribution in [2.45, 2.75) is 37.6 Å². The number of piperidine rings is 1. The maximum absolute atomic E-state index is 12.6. The van der Waals surface area contributed by atoms with Crippen molar-refractivity contribution in [3.05, 3.63) is 59.7 Å². The van der Waals surface area contributed by atoms with E-state index < -0.39 is 33.9 Å². The summed E-state index contributed by atoms with van der Waals surface area (Å²) in [6, 6.07) is 15.6. The van der Waals surface area contributed by atoms with Crippen LogP contribution in [0.5, 0.6) is 0 Å². The molecule has 2 aromatic rings. The van der Waals surface area contributed by atoms with Crippen LogP contribution in [-0.4, -0.2) is 78.1 Å². The third kappa shape index (κ3) is 7.45. The number of hydrogen-bond acceptors (Lipinski definition) is 6. The predicted molar refractivity (Wildman–Crippen MR) is 139 cm³/mol. The number of ether oxygens (including phenoxy) is 1. The third-order valence-electron chi connectivity index (χ3n) is 6.39. The van der Waals surface area contributed by atoms with Crippen LogP contribution < -0.4 is 0 Å². The number of benzene rings is 2. The lowest BCUT2D eigenvalue weighted by Gasteiger charge is -2.32. The number of aliphatic carboxylic acids is 1. The first-order valence-electron chi connectivity index (χ1n) is 12.0. The highest BCUT2D eigenvalue weighted by atomic mass is 35.5. The number of sulfone groups is 1. The molecule has 0 radical (unpaired) electrons. The van der Waals surface area contributed by atoms with Crippen molar-refractivity contribution in [1.29, 1.82) is 0 Å². The van der Waals surface area contributed by atoms with Crippen LogP contribution in [0.2, 0.25) is 0 Å². The molecule has 2 aromatic carbocycles. The molecule has 2 N–H and O–H groups in total. The van der Waals surface area contributed by atoms with Gasteiger partial charge in [0.1, 0.15) is 12.6 Å². The smallest absolute Gasteiger partial charge is 0.408 e. The monoisotopic (exact) mass is 551 g/mol. The van der Waals surface area contributed by atoms with Gasteiger partial charge in [-0.15, -0.1) is 11.6 Å². The number of likely N-dealkylation sites (tertiary alicyclic amines) is 1. The summed E-state index contributed by atoms with van der Waals surface area (Å²) in [5.41, 5.74) is 4.66. The van der Waals surface area contributed by atoms with Crippen molar-refractivity contribution < 1.29 is 37.8 Å². The first-order chi connectivity index (χ1) is 17.6. The molecule has 9 nitrogen and oxygen atoms in total. The molecule has 1 amide bonds. The molecular weight excluding hydrogens is 522 g/mol. The van der Waals surface area contributed by atoms with Gasteiger partial charge in [-0.25, -0.2) is 18.0 Å². The molecule has 0 saturated carbocycles. The zero-order valence-electron chi connectivity index (χ0n) is 20.2. The van der Waals surface area contributed by atoms with Crippen molar-refractivity contribution in [1.82, 2.24) is 4.90 Å². The molecule has 2 aliphatic rings. The van der Waals surface area contributed by atoms with E-state index in [-0.39, 0.29) is 36.3 Å². The van der Waals surface area contributed by atoms with Gasteiger partial charge in [-0.3, -0.25) is 9.69 Å². The van der Waals surface area contributed by atoms with E-state index in [1.165, 1.54) is 16.0 Å². The lowest BCUT2D eigenvalue weighted by Crippen LogP contribution is -2.48. The quantitative estimate of drug-likeness (QED) is 0.371. The highest BCUT2D eigenvalue weighted by molar-refractivity contribution is 7.91. The second-order valence-electron chi connectivity index (χ2n) is 8.83. The van der Waals surface area contributed by atoms with Crippen molar-refractivity contribution in [3.63, 3.8) is 0 Å².